The molecule has 0 fully saturated rings. The molecule has 0 rings (SSSR count). The molecule has 0 aliphatic heterocycles. The second kappa shape index (κ2) is 52.2. The maximum atomic E-state index is 7.50. The molecule has 2 nitrogen and oxygen atoms in total. The third-order valence-corrected chi connectivity index (χ3v) is 0. The van der Waals surface area contributed by atoms with Gasteiger partial charge in [-0.2, -0.15) is 0 Å². The maximum absolute atomic E-state index is 7.50. The van der Waals surface area contributed by atoms with Crippen LogP contribution in [0.4, 0.5) is 0 Å². The van der Waals surface area contributed by atoms with Crippen LogP contribution in [0.1, 0.15) is 0 Å². The van der Waals surface area contributed by atoms with Crippen LogP contribution in [-0.4, -0.2) is 13.6 Å². The van der Waals surface area contributed by atoms with Crippen LogP contribution in [0.3, 0.4) is 0 Å². The Bertz CT molecular complexity index is 21.2. The van der Waals surface area contributed by atoms with E-state index < -0.39 is 0 Å². The third-order valence-electron chi connectivity index (χ3n) is 0. The Morgan fingerprint density at radius 3 is 1.00 bits per heavy atom. The molecule has 0 spiro atoms. The molecule has 7 heavy (non-hydrogen) atoms. The van der Waals surface area contributed by atoms with E-state index in [0.717, 1.165) is 10.1 Å². The molecule has 0 aromatic heterocycles. The summed E-state index contributed by atoms with van der Waals surface area (Å²) in [5.41, 5.74) is 0. The van der Waals surface area contributed by atoms with Gasteiger partial charge in [0.25, 0.3) is 0 Å². The van der Waals surface area contributed by atoms with E-state index in [0.29, 0.717) is 0 Å². The van der Waals surface area contributed by atoms with E-state index in [-0.39, 0.29) is 0 Å². The first-order valence-corrected chi connectivity index (χ1v) is 10.4. The van der Waals surface area contributed by atoms with Crippen molar-refractivity contribution >= 4 is 53.1 Å². The molecule has 0 aliphatic carbocycles. The SMILES string of the molecule is [C-]=O.[C-]=O.[I][Rh][I]. The van der Waals surface area contributed by atoms with E-state index >= 15 is 0 Å². The van der Waals surface area contributed by atoms with E-state index in [4.69, 9.17) is 9.59 Å². The Balaban J connectivity index is -0.0000000360. The fraction of sp³-hybridized carbons (Fsp3) is 0. The predicted molar refractivity (Wildman–Crippen MR) is 39.4 cm³/mol. The molecule has 0 saturated carbocycles. The van der Waals surface area contributed by atoms with Crippen molar-refractivity contribution in [2.45, 2.75) is 0 Å². The standard InChI is InChI=1S/2CO.2HI.Rh/c2*1-2;;;/h;;2*1H;/q2*-1;;;+2/p-2. The summed E-state index contributed by atoms with van der Waals surface area (Å²) in [5.74, 6) is 0. The molecule has 0 N–H and O–H groups in total. The first-order valence-electron chi connectivity index (χ1n) is 0.660. The molecule has 2 radical (unpaired) electrons. The Kier molecular flexibility index (Phi) is 118. The summed E-state index contributed by atoms with van der Waals surface area (Å²) in [7, 11) is 0.770. The van der Waals surface area contributed by atoms with Crippen LogP contribution in [0.2, 0.25) is 0 Å². The Morgan fingerprint density at radius 1 is 1.00 bits per heavy atom. The zero-order valence-electron chi connectivity index (χ0n) is 2.91. The molecular weight excluding hydrogens is 413 g/mol. The third kappa shape index (κ3) is 108. The molecule has 0 unspecified atom stereocenters. The Morgan fingerprint density at radius 2 is 1.00 bits per heavy atom. The summed E-state index contributed by atoms with van der Waals surface area (Å²) in [6.45, 7) is 9.00. The normalized spacial score (nSPS) is 4.29. The van der Waals surface area contributed by atoms with Crippen molar-refractivity contribution in [2.24, 2.45) is 0 Å². The topological polar surface area (TPSA) is 34.1 Å². The summed E-state index contributed by atoms with van der Waals surface area (Å²) in [6.07, 6.45) is 0. The number of hydrogen-bond donors (Lipinski definition) is 0. The van der Waals surface area contributed by atoms with Crippen molar-refractivity contribution < 1.29 is 19.7 Å². The molecule has 0 aromatic carbocycles. The summed E-state index contributed by atoms with van der Waals surface area (Å²) < 4.78 is 0. The first kappa shape index (κ1) is 15.8. The minimum atomic E-state index is 0.770. The van der Waals surface area contributed by atoms with Gasteiger partial charge in [-0.1, -0.05) is 0 Å². The molecule has 0 bridgehead atoms. The van der Waals surface area contributed by atoms with Crippen LogP contribution in [0.25, 0.3) is 0 Å². The number of halogens is 2. The van der Waals surface area contributed by atoms with Gasteiger partial charge in [-0.3, -0.25) is 0 Å². The molecule has 0 atom stereocenters. The van der Waals surface area contributed by atoms with Gasteiger partial charge in [0.05, 0.1) is 0 Å². The van der Waals surface area contributed by atoms with Crippen LogP contribution < -0.4 is 0 Å². The van der Waals surface area contributed by atoms with Gasteiger partial charge in [0, 0.05) is 0 Å². The van der Waals surface area contributed by atoms with E-state index in [1.165, 1.54) is 0 Å². The Hall–Kier alpha value is 1.42. The summed E-state index contributed by atoms with van der Waals surface area (Å²) in [6, 6.07) is 0. The molecule has 5 heteroatoms. The number of rotatable bonds is 0. The van der Waals surface area contributed by atoms with E-state index in [1.807, 2.05) is 0 Å². The van der Waals surface area contributed by atoms with Crippen LogP contribution in [0.5, 0.6) is 0 Å². The van der Waals surface area contributed by atoms with Gasteiger partial charge in [-0.05, 0) is 0 Å². The number of hydrogen-bond acceptors (Lipinski definition) is 2. The predicted octanol–water partition coefficient (Wildman–Crippen LogP) is 0.975. The van der Waals surface area contributed by atoms with E-state index in [1.54, 1.807) is 0 Å². The van der Waals surface area contributed by atoms with Gasteiger partial charge in [0.15, 0.2) is 0 Å². The summed E-state index contributed by atoms with van der Waals surface area (Å²) in [4.78, 5) is 15.0. The van der Waals surface area contributed by atoms with Crippen LogP contribution in [0, 0.1) is 0 Å². The van der Waals surface area contributed by atoms with Crippen molar-refractivity contribution in [3.05, 3.63) is 0 Å². The molecule has 0 aliphatic rings. The average Bonchev–Trinajstić information content (AvgIpc) is 1.78. The molecule has 0 heterocycles. The zero-order chi connectivity index (χ0) is 6.71. The van der Waals surface area contributed by atoms with Gasteiger partial charge in [-0.25, -0.2) is 0 Å². The van der Waals surface area contributed by atoms with Gasteiger partial charge in [0.1, 0.15) is 0 Å². The minimum absolute atomic E-state index is 0.770. The van der Waals surface area contributed by atoms with Crippen molar-refractivity contribution in [3.63, 3.8) is 0 Å². The fourth-order valence-corrected chi connectivity index (χ4v) is 0. The van der Waals surface area contributed by atoms with E-state index in [2.05, 4.69) is 53.1 Å². The zero-order valence-corrected chi connectivity index (χ0v) is 8.86. The first-order chi connectivity index (χ1) is 3.41. The molecule has 0 saturated heterocycles. The fourth-order valence-electron chi connectivity index (χ4n) is 0. The Labute approximate surface area is 71.8 Å². The molecular formula is C2I2O2Rh-2. The van der Waals surface area contributed by atoms with Gasteiger partial charge < -0.3 is 23.2 Å². The molecule has 45 valence electrons. The van der Waals surface area contributed by atoms with Crippen LogP contribution in [0.15, 0.2) is 0 Å². The second-order valence-corrected chi connectivity index (χ2v) is 12.7. The average molecular weight is 413 g/mol. The monoisotopic (exact) mass is 413 g/mol. The van der Waals surface area contributed by atoms with Gasteiger partial charge in [-0.15, -0.1) is 0 Å². The summed E-state index contributed by atoms with van der Waals surface area (Å²) >= 11 is 4.69. The van der Waals surface area contributed by atoms with E-state index in [9.17, 15) is 0 Å². The van der Waals surface area contributed by atoms with Gasteiger partial charge in [0.2, 0.25) is 0 Å². The van der Waals surface area contributed by atoms with Crippen molar-refractivity contribution in [1.82, 2.24) is 0 Å². The van der Waals surface area contributed by atoms with Crippen molar-refractivity contribution in [2.75, 3.05) is 0 Å². The van der Waals surface area contributed by atoms with Crippen LogP contribution >= 0.6 is 39.5 Å². The second-order valence-electron chi connectivity index (χ2n) is 0.0476. The summed E-state index contributed by atoms with van der Waals surface area (Å²) in [5, 5.41) is 0. The van der Waals surface area contributed by atoms with Crippen molar-refractivity contribution in [3.8, 4) is 0 Å². The quantitative estimate of drug-likeness (QED) is 0.338. The molecule has 0 amide bonds. The number of carbonyl (C=O) groups excluding carboxylic acids is 2. The molecule has 0 aromatic rings. The van der Waals surface area contributed by atoms with Gasteiger partial charge >= 0.3 is 49.6 Å². The van der Waals surface area contributed by atoms with Crippen LogP contribution in [-0.2, 0) is 19.7 Å². The van der Waals surface area contributed by atoms with Crippen molar-refractivity contribution in [1.29, 1.82) is 0 Å².